The predicted octanol–water partition coefficient (Wildman–Crippen LogP) is 2.31. The number of aromatic hydroxyl groups is 1. The van der Waals surface area contributed by atoms with Crippen molar-refractivity contribution >= 4 is 17.4 Å². The van der Waals surface area contributed by atoms with Crippen molar-refractivity contribution in [2.45, 2.75) is 6.92 Å². The largest absolute Gasteiger partial charge is 0.508 e. The van der Waals surface area contributed by atoms with Gasteiger partial charge in [0.2, 0.25) is 0 Å². The number of phenolic OH excluding ortho intramolecular Hbond substituents is 1. The highest BCUT2D eigenvalue weighted by Gasteiger charge is 2.25. The Morgan fingerprint density at radius 1 is 1.38 bits per heavy atom. The zero-order valence-electron chi connectivity index (χ0n) is 11.7. The second-order valence-corrected chi connectivity index (χ2v) is 4.46. The monoisotopic (exact) mass is 289 g/mol. The van der Waals surface area contributed by atoms with Crippen LogP contribution in [-0.2, 0) is 7.05 Å². The van der Waals surface area contributed by atoms with Crippen LogP contribution in [0, 0.1) is 10.1 Å². The first-order chi connectivity index (χ1) is 9.95. The van der Waals surface area contributed by atoms with Crippen LogP contribution in [0.1, 0.15) is 17.4 Å². The highest BCUT2D eigenvalue weighted by Crippen LogP contribution is 2.23. The van der Waals surface area contributed by atoms with Gasteiger partial charge >= 0.3 is 5.82 Å². The second kappa shape index (κ2) is 5.66. The summed E-state index contributed by atoms with van der Waals surface area (Å²) in [6.07, 6.45) is 0. The van der Waals surface area contributed by atoms with Crippen LogP contribution < -0.4 is 4.90 Å². The van der Waals surface area contributed by atoms with Crippen LogP contribution in [0.15, 0.2) is 36.4 Å². The van der Waals surface area contributed by atoms with Crippen LogP contribution in [0.5, 0.6) is 5.75 Å². The van der Waals surface area contributed by atoms with Crippen molar-refractivity contribution in [2.24, 2.45) is 7.05 Å². The molecule has 2 rings (SSSR count). The van der Waals surface area contributed by atoms with Crippen molar-refractivity contribution in [3.63, 3.8) is 0 Å². The molecule has 0 aliphatic carbocycles. The van der Waals surface area contributed by atoms with E-state index in [1.54, 1.807) is 19.1 Å². The molecular weight excluding hydrogens is 274 g/mol. The minimum atomic E-state index is -0.540. The Morgan fingerprint density at radius 3 is 2.62 bits per heavy atom. The summed E-state index contributed by atoms with van der Waals surface area (Å²) in [5, 5.41) is 20.3. The SMILES string of the molecule is CCN(C(=O)c1ccc([N+](=O)[O-])n1C)c1cccc(O)c1. The zero-order chi connectivity index (χ0) is 15.6. The number of carbonyl (C=O) groups is 1. The van der Waals surface area contributed by atoms with Gasteiger partial charge in [-0.2, -0.15) is 0 Å². The third-order valence-electron chi connectivity index (χ3n) is 3.20. The van der Waals surface area contributed by atoms with E-state index < -0.39 is 4.92 Å². The first kappa shape index (κ1) is 14.6. The Labute approximate surface area is 121 Å². The van der Waals surface area contributed by atoms with Crippen molar-refractivity contribution in [1.82, 2.24) is 4.57 Å². The van der Waals surface area contributed by atoms with Crippen molar-refractivity contribution in [3.8, 4) is 5.75 Å². The van der Waals surface area contributed by atoms with E-state index in [0.717, 1.165) is 0 Å². The molecule has 1 aromatic carbocycles. The topological polar surface area (TPSA) is 88.6 Å². The molecule has 0 fully saturated rings. The van der Waals surface area contributed by atoms with Gasteiger partial charge in [0.1, 0.15) is 5.75 Å². The Hall–Kier alpha value is -2.83. The van der Waals surface area contributed by atoms with Crippen LogP contribution in [-0.4, -0.2) is 27.0 Å². The highest BCUT2D eigenvalue weighted by atomic mass is 16.6. The molecule has 1 N–H and O–H groups in total. The minimum absolute atomic E-state index is 0.0524. The number of amides is 1. The molecule has 0 aliphatic rings. The molecule has 7 nitrogen and oxygen atoms in total. The highest BCUT2D eigenvalue weighted by molar-refractivity contribution is 6.05. The Balaban J connectivity index is 2.39. The van der Waals surface area contributed by atoms with Crippen molar-refractivity contribution < 1.29 is 14.8 Å². The molecular formula is C14H15N3O4. The fourth-order valence-corrected chi connectivity index (χ4v) is 2.14. The van der Waals surface area contributed by atoms with Gasteiger partial charge in [-0.15, -0.1) is 0 Å². The van der Waals surface area contributed by atoms with E-state index in [0.29, 0.717) is 12.2 Å². The normalized spacial score (nSPS) is 10.4. The van der Waals surface area contributed by atoms with Gasteiger partial charge in [0, 0.05) is 24.4 Å². The number of hydrogen-bond acceptors (Lipinski definition) is 4. The fourth-order valence-electron chi connectivity index (χ4n) is 2.14. The van der Waals surface area contributed by atoms with E-state index in [4.69, 9.17) is 0 Å². The summed E-state index contributed by atoms with van der Waals surface area (Å²) in [7, 11) is 1.47. The molecule has 21 heavy (non-hydrogen) atoms. The lowest BCUT2D eigenvalue weighted by Crippen LogP contribution is -2.32. The van der Waals surface area contributed by atoms with Crippen LogP contribution in [0.4, 0.5) is 11.5 Å². The Morgan fingerprint density at radius 2 is 2.10 bits per heavy atom. The summed E-state index contributed by atoms with van der Waals surface area (Å²) in [6, 6.07) is 9.02. The van der Waals surface area contributed by atoms with E-state index in [1.165, 1.54) is 40.8 Å². The maximum atomic E-state index is 12.5. The second-order valence-electron chi connectivity index (χ2n) is 4.46. The number of phenols is 1. The van der Waals surface area contributed by atoms with E-state index in [9.17, 15) is 20.0 Å². The van der Waals surface area contributed by atoms with Crippen LogP contribution in [0.2, 0.25) is 0 Å². The predicted molar refractivity (Wildman–Crippen MR) is 77.5 cm³/mol. The molecule has 1 heterocycles. The number of nitrogens with zero attached hydrogens (tertiary/aromatic N) is 3. The lowest BCUT2D eigenvalue weighted by atomic mass is 10.2. The molecule has 2 aromatic rings. The first-order valence-corrected chi connectivity index (χ1v) is 6.36. The van der Waals surface area contributed by atoms with E-state index in [1.807, 2.05) is 0 Å². The number of rotatable bonds is 4. The van der Waals surface area contributed by atoms with Gasteiger partial charge in [-0.25, -0.2) is 4.57 Å². The van der Waals surface area contributed by atoms with Gasteiger partial charge in [0.05, 0.1) is 7.05 Å². The third kappa shape index (κ3) is 2.71. The fraction of sp³-hybridized carbons (Fsp3) is 0.214. The Kier molecular flexibility index (Phi) is 3.93. The molecule has 0 saturated heterocycles. The zero-order valence-corrected chi connectivity index (χ0v) is 11.7. The third-order valence-corrected chi connectivity index (χ3v) is 3.20. The summed E-state index contributed by atoms with van der Waals surface area (Å²) in [5.41, 5.74) is 0.748. The molecule has 0 bridgehead atoms. The number of benzene rings is 1. The maximum Gasteiger partial charge on any atom is 0.323 e. The number of carbonyl (C=O) groups excluding carboxylic acids is 1. The molecule has 0 atom stereocenters. The van der Waals surface area contributed by atoms with Gasteiger partial charge in [-0.3, -0.25) is 4.79 Å². The van der Waals surface area contributed by atoms with Crippen molar-refractivity contribution in [1.29, 1.82) is 0 Å². The summed E-state index contributed by atoms with van der Waals surface area (Å²) < 4.78 is 1.24. The summed E-state index contributed by atoms with van der Waals surface area (Å²) >= 11 is 0. The summed E-state index contributed by atoms with van der Waals surface area (Å²) in [4.78, 5) is 24.3. The number of anilines is 1. The molecule has 1 aromatic heterocycles. The summed E-state index contributed by atoms with van der Waals surface area (Å²) in [5.74, 6) is -0.458. The lowest BCUT2D eigenvalue weighted by molar-refractivity contribution is -0.391. The number of hydrogen-bond donors (Lipinski definition) is 1. The number of aromatic nitrogens is 1. The van der Waals surface area contributed by atoms with Gasteiger partial charge in [0.15, 0.2) is 5.69 Å². The molecule has 7 heteroatoms. The van der Waals surface area contributed by atoms with Crippen LogP contribution >= 0.6 is 0 Å². The van der Waals surface area contributed by atoms with E-state index >= 15 is 0 Å². The van der Waals surface area contributed by atoms with E-state index in [-0.39, 0.29) is 23.2 Å². The van der Waals surface area contributed by atoms with Crippen molar-refractivity contribution in [3.05, 3.63) is 52.2 Å². The average molecular weight is 289 g/mol. The molecule has 0 spiro atoms. The van der Waals surface area contributed by atoms with Gasteiger partial charge in [-0.05, 0) is 30.0 Å². The van der Waals surface area contributed by atoms with E-state index in [2.05, 4.69) is 0 Å². The molecule has 0 saturated carbocycles. The van der Waals surface area contributed by atoms with Crippen LogP contribution in [0.25, 0.3) is 0 Å². The molecule has 1 amide bonds. The molecule has 0 unspecified atom stereocenters. The lowest BCUT2D eigenvalue weighted by Gasteiger charge is -2.20. The van der Waals surface area contributed by atoms with Gasteiger partial charge < -0.3 is 20.1 Å². The summed E-state index contributed by atoms with van der Waals surface area (Å²) in [6.45, 7) is 2.17. The first-order valence-electron chi connectivity index (χ1n) is 6.36. The standard InChI is InChI=1S/C14H15N3O4/c1-3-16(10-5-4-6-11(18)9-10)14(19)12-7-8-13(15(12)2)17(20)21/h4-9,18H,3H2,1-2H3. The van der Waals surface area contributed by atoms with Crippen LogP contribution in [0.3, 0.4) is 0 Å². The molecule has 0 aliphatic heterocycles. The molecule has 0 radical (unpaired) electrons. The molecule has 110 valence electrons. The number of nitro groups is 1. The Bertz CT molecular complexity index is 693. The smallest absolute Gasteiger partial charge is 0.323 e. The minimum Gasteiger partial charge on any atom is -0.508 e. The quantitative estimate of drug-likeness (QED) is 0.691. The van der Waals surface area contributed by atoms with Gasteiger partial charge in [-0.1, -0.05) is 6.07 Å². The van der Waals surface area contributed by atoms with Crippen molar-refractivity contribution in [2.75, 3.05) is 11.4 Å². The maximum absolute atomic E-state index is 12.5. The van der Waals surface area contributed by atoms with Gasteiger partial charge in [0.25, 0.3) is 5.91 Å². The average Bonchev–Trinajstić information content (AvgIpc) is 2.81.